The van der Waals surface area contributed by atoms with Crippen molar-refractivity contribution in [2.24, 2.45) is 5.92 Å². The molecule has 1 fully saturated rings. The fourth-order valence-corrected chi connectivity index (χ4v) is 2.94. The number of ether oxygens (including phenoxy) is 1. The summed E-state index contributed by atoms with van der Waals surface area (Å²) in [6.07, 6.45) is 10.2. The van der Waals surface area contributed by atoms with Gasteiger partial charge < -0.3 is 9.15 Å². The van der Waals surface area contributed by atoms with E-state index in [1.807, 2.05) is 30.8 Å². The van der Waals surface area contributed by atoms with Gasteiger partial charge in [0.2, 0.25) is 0 Å². The van der Waals surface area contributed by atoms with Gasteiger partial charge in [0.25, 0.3) is 0 Å². The first kappa shape index (κ1) is 12.4. The van der Waals surface area contributed by atoms with Crippen LogP contribution in [0, 0.1) is 5.92 Å². The van der Waals surface area contributed by atoms with Crippen molar-refractivity contribution in [3.63, 3.8) is 0 Å². The highest BCUT2D eigenvalue weighted by molar-refractivity contribution is 5.18. The van der Waals surface area contributed by atoms with Crippen LogP contribution >= 0.6 is 0 Å². The maximum Gasteiger partial charge on any atom is 0.0935 e. The van der Waals surface area contributed by atoms with E-state index in [2.05, 4.69) is 18.0 Å². The maximum absolute atomic E-state index is 6.16. The average Bonchev–Trinajstić information content (AvgIpc) is 3.03. The lowest BCUT2D eigenvalue weighted by atomic mass is 9.79. The zero-order chi connectivity index (χ0) is 13.1. The van der Waals surface area contributed by atoms with Crippen molar-refractivity contribution in [1.29, 1.82) is 0 Å². The van der Waals surface area contributed by atoms with E-state index >= 15 is 0 Å². The smallest absolute Gasteiger partial charge is 0.0935 e. The normalized spacial score (nSPS) is 26.7. The Balaban J connectivity index is 1.85. The van der Waals surface area contributed by atoms with Crippen LogP contribution in [0.5, 0.6) is 0 Å². The van der Waals surface area contributed by atoms with Crippen LogP contribution in [0.1, 0.15) is 24.5 Å². The zero-order valence-electron chi connectivity index (χ0n) is 11.2. The van der Waals surface area contributed by atoms with Crippen LogP contribution < -0.4 is 0 Å². The topological polar surface area (TPSA) is 35.3 Å². The average molecular weight is 257 g/mol. The molecule has 3 heteroatoms. The Hall–Kier alpha value is -1.61. The molecule has 2 unspecified atom stereocenters. The molecule has 0 N–H and O–H groups in total. The molecule has 0 spiro atoms. The van der Waals surface area contributed by atoms with Gasteiger partial charge in [0.1, 0.15) is 0 Å². The Bertz CT molecular complexity index is 509. The van der Waals surface area contributed by atoms with E-state index in [1.54, 1.807) is 6.26 Å². The quantitative estimate of drug-likeness (QED) is 0.843. The molecular weight excluding hydrogens is 238 g/mol. The number of hydrogen-bond acceptors (Lipinski definition) is 3. The van der Waals surface area contributed by atoms with E-state index in [-0.39, 0.29) is 5.60 Å². The van der Waals surface area contributed by atoms with Gasteiger partial charge in [-0.25, -0.2) is 0 Å². The SMILES string of the molecule is CC1CCOC1(Cc1cccnc1)Cc1ccoc1. The zero-order valence-corrected chi connectivity index (χ0v) is 11.2. The third-order valence-corrected chi connectivity index (χ3v) is 4.15. The van der Waals surface area contributed by atoms with Gasteiger partial charge in [-0.3, -0.25) is 4.98 Å². The minimum atomic E-state index is -0.118. The lowest BCUT2D eigenvalue weighted by molar-refractivity contribution is -0.0173. The second-order valence-corrected chi connectivity index (χ2v) is 5.45. The standard InChI is InChI=1S/C16H19NO2/c1-13-4-8-19-16(13,10-15-5-7-18-12-15)9-14-3-2-6-17-11-14/h2-3,5-7,11-13H,4,8-10H2,1H3. The summed E-state index contributed by atoms with van der Waals surface area (Å²) in [5, 5.41) is 0. The second-order valence-electron chi connectivity index (χ2n) is 5.45. The summed E-state index contributed by atoms with van der Waals surface area (Å²) in [5.41, 5.74) is 2.32. The molecule has 3 heterocycles. The highest BCUT2D eigenvalue weighted by Gasteiger charge is 2.41. The first-order valence-electron chi connectivity index (χ1n) is 6.82. The number of nitrogens with zero attached hydrogens (tertiary/aromatic N) is 1. The Morgan fingerprint density at radius 3 is 2.84 bits per heavy atom. The van der Waals surface area contributed by atoms with Crippen molar-refractivity contribution in [1.82, 2.24) is 4.98 Å². The van der Waals surface area contributed by atoms with E-state index < -0.39 is 0 Å². The molecule has 1 aliphatic rings. The molecule has 0 saturated carbocycles. The highest BCUT2D eigenvalue weighted by Crippen LogP contribution is 2.37. The number of furan rings is 1. The van der Waals surface area contributed by atoms with E-state index in [9.17, 15) is 0 Å². The summed E-state index contributed by atoms with van der Waals surface area (Å²) in [5.74, 6) is 0.544. The Labute approximate surface area is 113 Å². The fourth-order valence-electron chi connectivity index (χ4n) is 2.94. The molecule has 3 rings (SSSR count). The summed E-state index contributed by atoms with van der Waals surface area (Å²) in [6.45, 7) is 3.13. The van der Waals surface area contributed by atoms with Crippen LogP contribution in [0.15, 0.2) is 47.5 Å². The molecule has 100 valence electrons. The summed E-state index contributed by atoms with van der Waals surface area (Å²) < 4.78 is 11.3. The summed E-state index contributed by atoms with van der Waals surface area (Å²) in [7, 11) is 0. The Morgan fingerprint density at radius 1 is 1.32 bits per heavy atom. The Kier molecular flexibility index (Phi) is 3.38. The molecule has 2 aromatic heterocycles. The highest BCUT2D eigenvalue weighted by atomic mass is 16.5. The monoisotopic (exact) mass is 257 g/mol. The van der Waals surface area contributed by atoms with Crippen LogP contribution in [0.25, 0.3) is 0 Å². The lowest BCUT2D eigenvalue weighted by Crippen LogP contribution is -2.39. The first-order valence-corrected chi connectivity index (χ1v) is 6.82. The number of pyridine rings is 1. The fraction of sp³-hybridized carbons (Fsp3) is 0.438. The van der Waals surface area contributed by atoms with E-state index in [0.29, 0.717) is 5.92 Å². The number of rotatable bonds is 4. The molecule has 0 amide bonds. The summed E-state index contributed by atoms with van der Waals surface area (Å²) in [6, 6.07) is 6.14. The molecule has 0 radical (unpaired) electrons. The predicted octanol–water partition coefficient (Wildman–Crippen LogP) is 3.26. The van der Waals surface area contributed by atoms with Crippen molar-refractivity contribution >= 4 is 0 Å². The summed E-state index contributed by atoms with van der Waals surface area (Å²) >= 11 is 0. The maximum atomic E-state index is 6.16. The van der Waals surface area contributed by atoms with Gasteiger partial charge in [-0.2, -0.15) is 0 Å². The van der Waals surface area contributed by atoms with Crippen molar-refractivity contribution in [3.8, 4) is 0 Å². The number of aromatic nitrogens is 1. The molecule has 0 aliphatic carbocycles. The molecule has 0 bridgehead atoms. The van der Waals surface area contributed by atoms with Gasteiger partial charge in [0.15, 0.2) is 0 Å². The van der Waals surface area contributed by atoms with Gasteiger partial charge >= 0.3 is 0 Å². The molecule has 3 nitrogen and oxygen atoms in total. The van der Waals surface area contributed by atoms with Gasteiger partial charge in [0.05, 0.1) is 18.1 Å². The van der Waals surface area contributed by atoms with E-state index in [0.717, 1.165) is 25.9 Å². The van der Waals surface area contributed by atoms with Crippen LogP contribution in [-0.4, -0.2) is 17.2 Å². The van der Waals surface area contributed by atoms with Crippen molar-refractivity contribution in [3.05, 3.63) is 54.2 Å². The van der Waals surface area contributed by atoms with Crippen LogP contribution in [0.2, 0.25) is 0 Å². The number of hydrogen-bond donors (Lipinski definition) is 0. The van der Waals surface area contributed by atoms with Crippen LogP contribution in [0.3, 0.4) is 0 Å². The second kappa shape index (κ2) is 5.17. The van der Waals surface area contributed by atoms with Crippen molar-refractivity contribution in [2.45, 2.75) is 31.8 Å². The molecule has 0 aromatic carbocycles. The molecular formula is C16H19NO2. The van der Waals surface area contributed by atoms with Crippen molar-refractivity contribution < 1.29 is 9.15 Å². The van der Waals surface area contributed by atoms with Gasteiger partial charge in [-0.1, -0.05) is 13.0 Å². The van der Waals surface area contributed by atoms with Gasteiger partial charge in [-0.05, 0) is 35.6 Å². The lowest BCUT2D eigenvalue weighted by Gasteiger charge is -2.32. The summed E-state index contributed by atoms with van der Waals surface area (Å²) in [4.78, 5) is 4.21. The third kappa shape index (κ3) is 2.56. The Morgan fingerprint density at radius 2 is 2.21 bits per heavy atom. The predicted molar refractivity (Wildman–Crippen MR) is 72.8 cm³/mol. The molecule has 2 aromatic rings. The van der Waals surface area contributed by atoms with Gasteiger partial charge in [-0.15, -0.1) is 0 Å². The van der Waals surface area contributed by atoms with E-state index in [4.69, 9.17) is 9.15 Å². The van der Waals surface area contributed by atoms with Crippen molar-refractivity contribution in [2.75, 3.05) is 6.61 Å². The minimum Gasteiger partial charge on any atom is -0.472 e. The molecule has 2 atom stereocenters. The van der Waals surface area contributed by atoms with Gasteiger partial charge in [0, 0.05) is 31.8 Å². The molecule has 1 aliphatic heterocycles. The third-order valence-electron chi connectivity index (χ3n) is 4.15. The minimum absolute atomic E-state index is 0.118. The largest absolute Gasteiger partial charge is 0.472 e. The van der Waals surface area contributed by atoms with E-state index in [1.165, 1.54) is 11.1 Å². The molecule has 19 heavy (non-hydrogen) atoms. The first-order chi connectivity index (χ1) is 9.28. The molecule has 1 saturated heterocycles. The van der Waals surface area contributed by atoms with Crippen LogP contribution in [-0.2, 0) is 17.6 Å². The van der Waals surface area contributed by atoms with Crippen LogP contribution in [0.4, 0.5) is 0 Å².